The molecule has 7 heteroatoms. The zero-order valence-corrected chi connectivity index (χ0v) is 11.3. The molecule has 20 heavy (non-hydrogen) atoms. The standard InChI is InChI=1S/C7H11NO4.C6H8O2/c9-7-6(2-1-5-12-7)3-4-8(10)11;1-5-3-2-4-8-6(5)7/h6H,1-5H2;1-4H2. The van der Waals surface area contributed by atoms with E-state index in [1.54, 1.807) is 0 Å². The van der Waals surface area contributed by atoms with Crippen LogP contribution >= 0.6 is 0 Å². The zero-order chi connectivity index (χ0) is 15.0. The second-order valence-corrected chi connectivity index (χ2v) is 4.69. The zero-order valence-electron chi connectivity index (χ0n) is 11.3. The molecule has 2 aliphatic rings. The van der Waals surface area contributed by atoms with Crippen LogP contribution < -0.4 is 0 Å². The van der Waals surface area contributed by atoms with Crippen molar-refractivity contribution in [3.05, 3.63) is 22.3 Å². The third kappa shape index (κ3) is 5.81. The molecule has 0 saturated carbocycles. The van der Waals surface area contributed by atoms with Gasteiger partial charge in [0.25, 0.3) is 0 Å². The molecule has 112 valence electrons. The van der Waals surface area contributed by atoms with Gasteiger partial charge in [-0.25, -0.2) is 4.79 Å². The number of carbonyl (C=O) groups is 2. The van der Waals surface area contributed by atoms with Crippen LogP contribution in [-0.2, 0) is 19.1 Å². The molecule has 1 atom stereocenters. The van der Waals surface area contributed by atoms with E-state index in [0.29, 0.717) is 25.2 Å². The molecule has 2 rings (SSSR count). The predicted molar refractivity (Wildman–Crippen MR) is 69.5 cm³/mol. The van der Waals surface area contributed by atoms with Crippen LogP contribution in [0.5, 0.6) is 0 Å². The van der Waals surface area contributed by atoms with Crippen molar-refractivity contribution < 1.29 is 24.0 Å². The Kier molecular flexibility index (Phi) is 6.69. The van der Waals surface area contributed by atoms with Gasteiger partial charge >= 0.3 is 11.9 Å². The highest BCUT2D eigenvalue weighted by molar-refractivity contribution is 5.88. The van der Waals surface area contributed by atoms with E-state index in [2.05, 4.69) is 11.3 Å². The second-order valence-electron chi connectivity index (χ2n) is 4.69. The smallest absolute Gasteiger partial charge is 0.333 e. The topological polar surface area (TPSA) is 95.7 Å². The molecule has 0 aromatic rings. The number of hydrogen-bond acceptors (Lipinski definition) is 6. The number of cyclic esters (lactones) is 2. The minimum absolute atomic E-state index is 0.139. The van der Waals surface area contributed by atoms with Gasteiger partial charge in [-0.2, -0.15) is 0 Å². The van der Waals surface area contributed by atoms with E-state index < -0.39 is 4.92 Å². The van der Waals surface area contributed by atoms with Crippen LogP contribution in [0.1, 0.15) is 32.1 Å². The Hall–Kier alpha value is -1.92. The maximum absolute atomic E-state index is 11.0. The highest BCUT2D eigenvalue weighted by Gasteiger charge is 2.25. The summed E-state index contributed by atoms with van der Waals surface area (Å²) < 4.78 is 9.41. The van der Waals surface area contributed by atoms with Crippen molar-refractivity contribution >= 4 is 11.9 Å². The highest BCUT2D eigenvalue weighted by atomic mass is 16.6. The Labute approximate surface area is 117 Å². The summed E-state index contributed by atoms with van der Waals surface area (Å²) in [5.74, 6) is -0.747. The van der Waals surface area contributed by atoms with E-state index in [1.807, 2.05) is 0 Å². The first kappa shape index (κ1) is 16.1. The normalized spacial score (nSPS) is 22.2. The maximum Gasteiger partial charge on any atom is 0.333 e. The maximum atomic E-state index is 11.0. The van der Waals surface area contributed by atoms with Crippen LogP contribution in [0.4, 0.5) is 0 Å². The summed E-state index contributed by atoms with van der Waals surface area (Å²) in [6.07, 6.45) is 3.61. The summed E-state index contributed by atoms with van der Waals surface area (Å²) in [4.78, 5) is 31.0. The SMILES string of the molecule is C=C1CCCOC1=O.O=C1OCCCC1CC[N+](=O)[O-]. The lowest BCUT2D eigenvalue weighted by Crippen LogP contribution is -2.25. The monoisotopic (exact) mass is 285 g/mol. The molecule has 2 saturated heterocycles. The molecule has 0 amide bonds. The van der Waals surface area contributed by atoms with E-state index in [4.69, 9.17) is 4.74 Å². The van der Waals surface area contributed by atoms with Gasteiger partial charge in [-0.1, -0.05) is 6.58 Å². The number of rotatable bonds is 3. The molecule has 0 N–H and O–H groups in total. The number of nitro groups is 1. The minimum Gasteiger partial charge on any atom is -0.465 e. The molecule has 1 unspecified atom stereocenters. The number of carbonyl (C=O) groups excluding carboxylic acids is 2. The van der Waals surface area contributed by atoms with E-state index in [0.717, 1.165) is 25.7 Å². The summed E-state index contributed by atoms with van der Waals surface area (Å²) in [6.45, 7) is 4.41. The Balaban J connectivity index is 0.000000217. The third-order valence-electron chi connectivity index (χ3n) is 3.08. The highest BCUT2D eigenvalue weighted by Crippen LogP contribution is 2.18. The van der Waals surface area contributed by atoms with Crippen molar-refractivity contribution in [3.63, 3.8) is 0 Å². The van der Waals surface area contributed by atoms with Crippen LogP contribution in [0, 0.1) is 16.0 Å². The fraction of sp³-hybridized carbons (Fsp3) is 0.692. The molecular weight excluding hydrogens is 266 g/mol. The van der Waals surface area contributed by atoms with Gasteiger partial charge in [0.2, 0.25) is 6.54 Å². The minimum atomic E-state index is -0.401. The van der Waals surface area contributed by atoms with Gasteiger partial charge in [-0.3, -0.25) is 14.9 Å². The van der Waals surface area contributed by atoms with Gasteiger partial charge in [0.1, 0.15) is 0 Å². The molecule has 0 aromatic heterocycles. The predicted octanol–water partition coefficient (Wildman–Crippen LogP) is 1.49. The molecule has 7 nitrogen and oxygen atoms in total. The number of ether oxygens (including phenoxy) is 2. The molecule has 2 fully saturated rings. The number of esters is 2. The summed E-state index contributed by atoms with van der Waals surface area (Å²) in [6, 6.07) is 0. The molecule has 0 aromatic carbocycles. The third-order valence-corrected chi connectivity index (χ3v) is 3.08. The van der Waals surface area contributed by atoms with E-state index in [-0.39, 0.29) is 24.4 Å². The molecular formula is C13H19NO6. The Morgan fingerprint density at radius 1 is 1.25 bits per heavy atom. The fourth-order valence-electron chi connectivity index (χ4n) is 1.92. The van der Waals surface area contributed by atoms with Crippen molar-refractivity contribution in [1.29, 1.82) is 0 Å². The van der Waals surface area contributed by atoms with Gasteiger partial charge in [0.05, 0.1) is 19.1 Å². The first-order valence-corrected chi connectivity index (χ1v) is 6.64. The van der Waals surface area contributed by atoms with Crippen LogP contribution in [0.2, 0.25) is 0 Å². The molecule has 0 bridgehead atoms. The molecule has 0 spiro atoms. The first-order chi connectivity index (χ1) is 9.50. The second kappa shape index (κ2) is 8.29. The van der Waals surface area contributed by atoms with Crippen molar-refractivity contribution in [3.8, 4) is 0 Å². The van der Waals surface area contributed by atoms with Crippen molar-refractivity contribution in [2.45, 2.75) is 32.1 Å². The lowest BCUT2D eigenvalue weighted by atomic mass is 9.98. The Bertz CT molecular complexity index is 376. The van der Waals surface area contributed by atoms with Crippen molar-refractivity contribution in [1.82, 2.24) is 0 Å². The van der Waals surface area contributed by atoms with Crippen LogP contribution in [0.25, 0.3) is 0 Å². The van der Waals surface area contributed by atoms with Crippen molar-refractivity contribution in [2.24, 2.45) is 5.92 Å². The number of hydrogen-bond donors (Lipinski definition) is 0. The average Bonchev–Trinajstić information content (AvgIpc) is 2.42. The van der Waals surface area contributed by atoms with Crippen LogP contribution in [0.3, 0.4) is 0 Å². The molecule has 0 aliphatic carbocycles. The molecule has 2 heterocycles. The van der Waals surface area contributed by atoms with E-state index >= 15 is 0 Å². The Morgan fingerprint density at radius 2 is 1.95 bits per heavy atom. The van der Waals surface area contributed by atoms with Gasteiger partial charge in [-0.05, 0) is 25.7 Å². The van der Waals surface area contributed by atoms with Gasteiger partial charge in [-0.15, -0.1) is 0 Å². The quantitative estimate of drug-likeness (QED) is 0.337. The van der Waals surface area contributed by atoms with Crippen molar-refractivity contribution in [2.75, 3.05) is 19.8 Å². The summed E-state index contributed by atoms with van der Waals surface area (Å²) in [7, 11) is 0. The lowest BCUT2D eigenvalue weighted by molar-refractivity contribution is -0.481. The fourth-order valence-corrected chi connectivity index (χ4v) is 1.92. The van der Waals surface area contributed by atoms with E-state index in [9.17, 15) is 19.7 Å². The van der Waals surface area contributed by atoms with Crippen LogP contribution in [-0.4, -0.2) is 36.6 Å². The Morgan fingerprint density at radius 3 is 2.45 bits per heavy atom. The summed E-state index contributed by atoms with van der Waals surface area (Å²) in [5, 5.41) is 10.0. The van der Waals surface area contributed by atoms with Crippen LogP contribution in [0.15, 0.2) is 12.2 Å². The number of nitrogens with zero attached hydrogens (tertiary/aromatic N) is 1. The van der Waals surface area contributed by atoms with E-state index in [1.165, 1.54) is 0 Å². The average molecular weight is 285 g/mol. The van der Waals surface area contributed by atoms with Gasteiger partial charge in [0, 0.05) is 16.9 Å². The summed E-state index contributed by atoms with van der Waals surface area (Å²) >= 11 is 0. The van der Waals surface area contributed by atoms with Gasteiger partial charge < -0.3 is 9.47 Å². The summed E-state index contributed by atoms with van der Waals surface area (Å²) in [5.41, 5.74) is 0.608. The first-order valence-electron chi connectivity index (χ1n) is 6.64. The lowest BCUT2D eigenvalue weighted by Gasteiger charge is -2.18. The largest absolute Gasteiger partial charge is 0.465 e. The molecule has 0 radical (unpaired) electrons. The molecule has 2 aliphatic heterocycles. The van der Waals surface area contributed by atoms with Gasteiger partial charge in [0.15, 0.2) is 0 Å².